The molecule has 0 bridgehead atoms. The van der Waals surface area contributed by atoms with E-state index in [9.17, 15) is 4.79 Å². The highest BCUT2D eigenvalue weighted by Crippen LogP contribution is 2.28. The van der Waals surface area contributed by atoms with Gasteiger partial charge in [0.15, 0.2) is 11.5 Å². The molecule has 0 saturated heterocycles. The molecule has 0 aliphatic heterocycles. The minimum absolute atomic E-state index is 0.101. The molecular weight excluding hydrogens is 266 g/mol. The lowest BCUT2D eigenvalue weighted by Crippen LogP contribution is -2.42. The van der Waals surface area contributed by atoms with Crippen LogP contribution in [0.15, 0.2) is 18.2 Å². The van der Waals surface area contributed by atoms with Gasteiger partial charge in [0.1, 0.15) is 0 Å². The van der Waals surface area contributed by atoms with Gasteiger partial charge in [-0.15, -0.1) is 0 Å². The molecule has 4 heteroatoms. The number of ether oxygens (including phenoxy) is 2. The molecular formula is C17H27NO3. The molecule has 0 radical (unpaired) electrons. The predicted octanol–water partition coefficient (Wildman–Crippen LogP) is 3.65. The van der Waals surface area contributed by atoms with Crippen LogP contribution >= 0.6 is 0 Å². The molecule has 0 unspecified atom stereocenters. The van der Waals surface area contributed by atoms with Crippen LogP contribution < -0.4 is 14.8 Å². The molecule has 0 heterocycles. The third-order valence-corrected chi connectivity index (χ3v) is 3.33. The lowest BCUT2D eigenvalue weighted by atomic mass is 10.0. The van der Waals surface area contributed by atoms with Gasteiger partial charge in [-0.2, -0.15) is 0 Å². The summed E-state index contributed by atoms with van der Waals surface area (Å²) in [6, 6.07) is 5.27. The molecule has 4 nitrogen and oxygen atoms in total. The Hall–Kier alpha value is -1.71. The number of carbonyl (C=O) groups excluding carboxylic acids is 1. The summed E-state index contributed by atoms with van der Waals surface area (Å²) >= 11 is 0. The van der Waals surface area contributed by atoms with E-state index in [0.29, 0.717) is 29.6 Å². The zero-order valence-corrected chi connectivity index (χ0v) is 13.9. The Morgan fingerprint density at radius 1 is 1.29 bits per heavy atom. The van der Waals surface area contributed by atoms with Gasteiger partial charge in [0.25, 0.3) is 5.91 Å². The molecule has 21 heavy (non-hydrogen) atoms. The van der Waals surface area contributed by atoms with E-state index in [4.69, 9.17) is 9.47 Å². The van der Waals surface area contributed by atoms with Crippen molar-refractivity contribution in [2.24, 2.45) is 5.92 Å². The fourth-order valence-electron chi connectivity index (χ4n) is 1.65. The minimum Gasteiger partial charge on any atom is -0.493 e. The van der Waals surface area contributed by atoms with Gasteiger partial charge < -0.3 is 14.8 Å². The second-order valence-electron chi connectivity index (χ2n) is 6.26. The Kier molecular flexibility index (Phi) is 6.06. The van der Waals surface area contributed by atoms with Gasteiger partial charge in [-0.3, -0.25) is 4.79 Å². The molecule has 0 spiro atoms. The molecule has 0 aliphatic rings. The summed E-state index contributed by atoms with van der Waals surface area (Å²) in [5.41, 5.74) is 0.349. The van der Waals surface area contributed by atoms with Crippen LogP contribution in [0.2, 0.25) is 0 Å². The van der Waals surface area contributed by atoms with Crippen molar-refractivity contribution in [2.45, 2.75) is 46.6 Å². The van der Waals surface area contributed by atoms with E-state index >= 15 is 0 Å². The molecule has 1 aromatic carbocycles. The number of nitrogens with one attached hydrogen (secondary N) is 1. The second kappa shape index (κ2) is 7.34. The first kappa shape index (κ1) is 17.3. The van der Waals surface area contributed by atoms with Crippen LogP contribution in [0, 0.1) is 5.92 Å². The van der Waals surface area contributed by atoms with Crippen molar-refractivity contribution < 1.29 is 14.3 Å². The molecule has 118 valence electrons. The van der Waals surface area contributed by atoms with Crippen molar-refractivity contribution in [3.63, 3.8) is 0 Å². The smallest absolute Gasteiger partial charge is 0.251 e. The van der Waals surface area contributed by atoms with E-state index in [2.05, 4.69) is 19.2 Å². The van der Waals surface area contributed by atoms with Crippen LogP contribution in [-0.2, 0) is 0 Å². The van der Waals surface area contributed by atoms with Crippen LogP contribution in [-0.4, -0.2) is 25.2 Å². The van der Waals surface area contributed by atoms with E-state index in [0.717, 1.165) is 6.42 Å². The summed E-state index contributed by atoms with van der Waals surface area (Å²) in [4.78, 5) is 12.3. The normalized spacial score (nSPS) is 11.4. The summed E-state index contributed by atoms with van der Waals surface area (Å²) in [6.45, 7) is 10.8. The molecule has 1 N–H and O–H groups in total. The molecule has 1 rings (SSSR count). The predicted molar refractivity (Wildman–Crippen MR) is 85.2 cm³/mol. The SMILES string of the molecule is CCC(C)(C)NC(=O)c1ccc(OCC(C)C)c(OC)c1. The van der Waals surface area contributed by atoms with Gasteiger partial charge in [0.2, 0.25) is 0 Å². The van der Waals surface area contributed by atoms with E-state index in [1.807, 2.05) is 20.8 Å². The summed E-state index contributed by atoms with van der Waals surface area (Å²) in [5, 5.41) is 3.01. The summed E-state index contributed by atoms with van der Waals surface area (Å²) in [7, 11) is 1.58. The Balaban J connectivity index is 2.88. The third kappa shape index (κ3) is 5.29. The fourth-order valence-corrected chi connectivity index (χ4v) is 1.65. The summed E-state index contributed by atoms with van der Waals surface area (Å²) < 4.78 is 11.0. The molecule has 0 saturated carbocycles. The van der Waals surface area contributed by atoms with Crippen molar-refractivity contribution >= 4 is 5.91 Å². The van der Waals surface area contributed by atoms with Crippen molar-refractivity contribution in [3.8, 4) is 11.5 Å². The van der Waals surface area contributed by atoms with Crippen LogP contribution in [0.25, 0.3) is 0 Å². The molecule has 1 aromatic rings. The number of hydrogen-bond acceptors (Lipinski definition) is 3. The molecule has 0 atom stereocenters. The highest BCUT2D eigenvalue weighted by molar-refractivity contribution is 5.95. The van der Waals surface area contributed by atoms with Crippen LogP contribution in [0.4, 0.5) is 0 Å². The van der Waals surface area contributed by atoms with Crippen LogP contribution in [0.3, 0.4) is 0 Å². The minimum atomic E-state index is -0.225. The average Bonchev–Trinajstić information content (AvgIpc) is 2.44. The molecule has 0 aromatic heterocycles. The van der Waals surface area contributed by atoms with E-state index in [1.165, 1.54) is 0 Å². The van der Waals surface area contributed by atoms with Crippen LogP contribution in [0.5, 0.6) is 11.5 Å². The Morgan fingerprint density at radius 2 is 1.95 bits per heavy atom. The number of benzene rings is 1. The zero-order chi connectivity index (χ0) is 16.0. The maximum Gasteiger partial charge on any atom is 0.251 e. The maximum absolute atomic E-state index is 12.3. The number of amides is 1. The first-order chi connectivity index (χ1) is 9.79. The summed E-state index contributed by atoms with van der Waals surface area (Å²) in [5.74, 6) is 1.58. The number of methoxy groups -OCH3 is 1. The van der Waals surface area contributed by atoms with E-state index < -0.39 is 0 Å². The first-order valence-corrected chi connectivity index (χ1v) is 7.42. The molecule has 1 amide bonds. The van der Waals surface area contributed by atoms with E-state index in [1.54, 1.807) is 25.3 Å². The Morgan fingerprint density at radius 3 is 2.48 bits per heavy atom. The number of rotatable bonds is 7. The lowest BCUT2D eigenvalue weighted by Gasteiger charge is -2.24. The first-order valence-electron chi connectivity index (χ1n) is 7.42. The molecule has 0 aliphatic carbocycles. The van der Waals surface area contributed by atoms with Gasteiger partial charge in [0.05, 0.1) is 13.7 Å². The van der Waals surface area contributed by atoms with Crippen molar-refractivity contribution in [3.05, 3.63) is 23.8 Å². The molecule has 0 fully saturated rings. The number of carbonyl (C=O) groups is 1. The largest absolute Gasteiger partial charge is 0.493 e. The van der Waals surface area contributed by atoms with Gasteiger partial charge in [-0.1, -0.05) is 20.8 Å². The van der Waals surface area contributed by atoms with Gasteiger partial charge in [-0.05, 0) is 44.4 Å². The highest BCUT2D eigenvalue weighted by Gasteiger charge is 2.20. The standard InChI is InChI=1S/C17H27NO3/c1-7-17(4,5)18-16(19)13-8-9-14(15(10-13)20-6)21-11-12(2)3/h8-10,12H,7,11H2,1-6H3,(H,18,19). The number of hydrogen-bond donors (Lipinski definition) is 1. The zero-order valence-electron chi connectivity index (χ0n) is 13.9. The van der Waals surface area contributed by atoms with E-state index in [-0.39, 0.29) is 11.4 Å². The average molecular weight is 293 g/mol. The van der Waals surface area contributed by atoms with Crippen molar-refractivity contribution in [1.29, 1.82) is 0 Å². The van der Waals surface area contributed by atoms with Gasteiger partial charge >= 0.3 is 0 Å². The topological polar surface area (TPSA) is 47.6 Å². The van der Waals surface area contributed by atoms with Gasteiger partial charge in [-0.25, -0.2) is 0 Å². The van der Waals surface area contributed by atoms with Crippen molar-refractivity contribution in [1.82, 2.24) is 5.32 Å². The summed E-state index contributed by atoms with van der Waals surface area (Å²) in [6.07, 6.45) is 0.867. The fraction of sp³-hybridized carbons (Fsp3) is 0.588. The van der Waals surface area contributed by atoms with Crippen molar-refractivity contribution in [2.75, 3.05) is 13.7 Å². The van der Waals surface area contributed by atoms with Crippen LogP contribution in [0.1, 0.15) is 51.4 Å². The third-order valence-electron chi connectivity index (χ3n) is 3.33. The van der Waals surface area contributed by atoms with Gasteiger partial charge in [0, 0.05) is 11.1 Å². The Labute approximate surface area is 127 Å². The lowest BCUT2D eigenvalue weighted by molar-refractivity contribution is 0.0911. The quantitative estimate of drug-likeness (QED) is 0.834. The Bertz CT molecular complexity index is 481. The monoisotopic (exact) mass is 293 g/mol. The second-order valence-corrected chi connectivity index (χ2v) is 6.26. The maximum atomic E-state index is 12.3. The highest BCUT2D eigenvalue weighted by atomic mass is 16.5.